The largest absolute Gasteiger partial charge is 0.340 e. The van der Waals surface area contributed by atoms with Crippen LogP contribution in [0.1, 0.15) is 39.0 Å². The molecule has 9 heteroatoms. The van der Waals surface area contributed by atoms with Crippen LogP contribution in [-0.2, 0) is 14.4 Å². The van der Waals surface area contributed by atoms with Crippen molar-refractivity contribution in [3.63, 3.8) is 0 Å². The summed E-state index contributed by atoms with van der Waals surface area (Å²) >= 11 is 0. The number of hydrogen-bond acceptors (Lipinski definition) is 5. The van der Waals surface area contributed by atoms with Gasteiger partial charge in [0.05, 0.1) is 6.54 Å². The first kappa shape index (κ1) is 21.5. The minimum atomic E-state index is -0.288. The van der Waals surface area contributed by atoms with Crippen molar-refractivity contribution < 1.29 is 19.2 Å². The van der Waals surface area contributed by atoms with Crippen molar-refractivity contribution in [1.82, 2.24) is 24.5 Å². The number of carbonyl (C=O) groups is 4. The quantitative estimate of drug-likeness (QED) is 0.588. The Hall–Kier alpha value is -2.16. The van der Waals surface area contributed by atoms with E-state index in [2.05, 4.69) is 11.8 Å². The summed E-state index contributed by atoms with van der Waals surface area (Å²) in [4.78, 5) is 57.2. The Kier molecular flexibility index (Phi) is 7.10. The molecule has 1 atom stereocenters. The van der Waals surface area contributed by atoms with Crippen LogP contribution in [0, 0.1) is 0 Å². The highest BCUT2D eigenvalue weighted by molar-refractivity contribution is 6.01. The standard InChI is InChI=1S/C20H33N5O4/c1-16-6-3-4-8-24(16)19(28)15-22-10-12-23(13-11-22)17(26)7-5-9-25-18(27)14-21(2)20(25)29/h16H,3-15H2,1-2H3. The molecule has 0 aromatic heterocycles. The van der Waals surface area contributed by atoms with Crippen LogP contribution in [0.2, 0.25) is 0 Å². The van der Waals surface area contributed by atoms with Gasteiger partial charge in [-0.2, -0.15) is 0 Å². The molecule has 3 aliphatic rings. The molecule has 0 bridgehead atoms. The van der Waals surface area contributed by atoms with Crippen molar-refractivity contribution in [3.05, 3.63) is 0 Å². The van der Waals surface area contributed by atoms with E-state index in [-0.39, 0.29) is 36.8 Å². The van der Waals surface area contributed by atoms with E-state index in [1.807, 2.05) is 9.80 Å². The van der Waals surface area contributed by atoms with Gasteiger partial charge in [0.15, 0.2) is 0 Å². The van der Waals surface area contributed by atoms with Gasteiger partial charge in [-0.05, 0) is 32.6 Å². The maximum Gasteiger partial charge on any atom is 0.326 e. The second kappa shape index (κ2) is 9.56. The Bertz CT molecular complexity index is 647. The van der Waals surface area contributed by atoms with Crippen molar-refractivity contribution in [3.8, 4) is 0 Å². The Labute approximate surface area is 172 Å². The van der Waals surface area contributed by atoms with Crippen LogP contribution in [0.3, 0.4) is 0 Å². The molecule has 1 unspecified atom stereocenters. The average Bonchev–Trinajstić information content (AvgIpc) is 2.94. The van der Waals surface area contributed by atoms with Gasteiger partial charge in [-0.25, -0.2) is 4.79 Å². The van der Waals surface area contributed by atoms with Gasteiger partial charge < -0.3 is 14.7 Å². The van der Waals surface area contributed by atoms with E-state index in [0.717, 1.165) is 19.4 Å². The Morgan fingerprint density at radius 1 is 1.00 bits per heavy atom. The average molecular weight is 408 g/mol. The van der Waals surface area contributed by atoms with Crippen LogP contribution in [0.5, 0.6) is 0 Å². The number of likely N-dealkylation sites (tertiary alicyclic amines) is 1. The minimum Gasteiger partial charge on any atom is -0.340 e. The van der Waals surface area contributed by atoms with E-state index < -0.39 is 0 Å². The fourth-order valence-electron chi connectivity index (χ4n) is 4.34. The van der Waals surface area contributed by atoms with E-state index in [4.69, 9.17) is 0 Å². The summed E-state index contributed by atoms with van der Waals surface area (Å²) < 4.78 is 0. The lowest BCUT2D eigenvalue weighted by Gasteiger charge is -2.38. The summed E-state index contributed by atoms with van der Waals surface area (Å²) in [5.74, 6) is 0.0428. The van der Waals surface area contributed by atoms with Gasteiger partial charge >= 0.3 is 6.03 Å². The lowest BCUT2D eigenvalue weighted by Crippen LogP contribution is -2.53. The summed E-state index contributed by atoms with van der Waals surface area (Å²) in [6.45, 7) is 6.45. The van der Waals surface area contributed by atoms with Crippen LogP contribution in [-0.4, -0.2) is 114 Å². The summed E-state index contributed by atoms with van der Waals surface area (Å²) in [7, 11) is 1.60. The monoisotopic (exact) mass is 407 g/mol. The lowest BCUT2D eigenvalue weighted by molar-refractivity contribution is -0.137. The third-order valence-corrected chi connectivity index (χ3v) is 6.21. The predicted molar refractivity (Wildman–Crippen MR) is 107 cm³/mol. The second-order valence-electron chi connectivity index (χ2n) is 8.38. The molecule has 3 heterocycles. The number of piperidine rings is 1. The van der Waals surface area contributed by atoms with Gasteiger partial charge in [-0.1, -0.05) is 0 Å². The maximum atomic E-state index is 12.6. The summed E-state index contributed by atoms with van der Waals surface area (Å²) in [5.41, 5.74) is 0. The van der Waals surface area contributed by atoms with Gasteiger partial charge in [0, 0.05) is 58.8 Å². The molecule has 29 heavy (non-hydrogen) atoms. The van der Waals surface area contributed by atoms with E-state index >= 15 is 0 Å². The molecule has 3 aliphatic heterocycles. The molecule has 0 radical (unpaired) electrons. The van der Waals surface area contributed by atoms with E-state index in [1.54, 1.807) is 7.05 Å². The van der Waals surface area contributed by atoms with Crippen molar-refractivity contribution in [2.45, 2.75) is 45.1 Å². The van der Waals surface area contributed by atoms with Gasteiger partial charge in [0.2, 0.25) is 17.7 Å². The lowest BCUT2D eigenvalue weighted by atomic mass is 10.0. The minimum absolute atomic E-state index is 0.0491. The number of hydrogen-bond donors (Lipinski definition) is 0. The molecule has 0 aliphatic carbocycles. The van der Waals surface area contributed by atoms with Crippen molar-refractivity contribution >= 4 is 23.8 Å². The van der Waals surface area contributed by atoms with Gasteiger partial charge in [-0.3, -0.25) is 24.2 Å². The van der Waals surface area contributed by atoms with Crippen molar-refractivity contribution in [2.24, 2.45) is 0 Å². The van der Waals surface area contributed by atoms with Gasteiger partial charge in [0.25, 0.3) is 0 Å². The zero-order valence-electron chi connectivity index (χ0n) is 17.6. The van der Waals surface area contributed by atoms with Crippen LogP contribution >= 0.6 is 0 Å². The predicted octanol–water partition coefficient (Wildman–Crippen LogP) is 0.206. The number of amides is 5. The maximum absolute atomic E-state index is 12.6. The number of nitrogens with zero attached hydrogens (tertiary/aromatic N) is 5. The molecular weight excluding hydrogens is 374 g/mol. The third kappa shape index (κ3) is 5.26. The van der Waals surface area contributed by atoms with Gasteiger partial charge in [0.1, 0.15) is 6.54 Å². The number of rotatable bonds is 6. The second-order valence-corrected chi connectivity index (χ2v) is 8.38. The first-order valence-corrected chi connectivity index (χ1v) is 10.7. The van der Waals surface area contributed by atoms with Crippen LogP contribution in [0.15, 0.2) is 0 Å². The molecule has 0 aromatic rings. The Morgan fingerprint density at radius 3 is 2.34 bits per heavy atom. The molecule has 0 aromatic carbocycles. The first-order valence-electron chi connectivity index (χ1n) is 10.7. The molecule has 162 valence electrons. The Morgan fingerprint density at radius 2 is 1.72 bits per heavy atom. The molecule has 0 spiro atoms. The molecule has 3 fully saturated rings. The molecular formula is C20H33N5O4. The van der Waals surface area contributed by atoms with Crippen molar-refractivity contribution in [1.29, 1.82) is 0 Å². The molecule has 3 saturated heterocycles. The number of piperazine rings is 1. The highest BCUT2D eigenvalue weighted by Gasteiger charge is 2.33. The topological polar surface area (TPSA) is 84.5 Å². The molecule has 5 amide bonds. The highest BCUT2D eigenvalue weighted by atomic mass is 16.2. The van der Waals surface area contributed by atoms with E-state index in [0.29, 0.717) is 51.6 Å². The third-order valence-electron chi connectivity index (χ3n) is 6.21. The number of likely N-dealkylation sites (N-methyl/N-ethyl adjacent to an activating group) is 1. The van der Waals surface area contributed by atoms with Crippen molar-refractivity contribution in [2.75, 3.05) is 59.4 Å². The summed E-state index contributed by atoms with van der Waals surface area (Å²) in [6.07, 6.45) is 4.17. The van der Waals surface area contributed by atoms with E-state index in [9.17, 15) is 19.2 Å². The zero-order chi connectivity index (χ0) is 21.0. The fraction of sp³-hybridized carbons (Fsp3) is 0.800. The number of carbonyl (C=O) groups excluding carboxylic acids is 4. The molecule has 0 N–H and O–H groups in total. The fourth-order valence-corrected chi connectivity index (χ4v) is 4.34. The van der Waals surface area contributed by atoms with Gasteiger partial charge in [-0.15, -0.1) is 0 Å². The van der Waals surface area contributed by atoms with E-state index in [1.165, 1.54) is 16.2 Å². The number of imide groups is 1. The van der Waals surface area contributed by atoms with Crippen LogP contribution in [0.25, 0.3) is 0 Å². The molecule has 3 rings (SSSR count). The SMILES string of the molecule is CC1CCCCN1C(=O)CN1CCN(C(=O)CCCN2C(=O)CN(C)C2=O)CC1. The highest BCUT2D eigenvalue weighted by Crippen LogP contribution is 2.17. The van der Waals surface area contributed by atoms with Crippen LogP contribution in [0.4, 0.5) is 4.79 Å². The summed E-state index contributed by atoms with van der Waals surface area (Å²) in [5, 5.41) is 0. The molecule has 0 saturated carbocycles. The normalized spacial score (nSPS) is 23.9. The summed E-state index contributed by atoms with van der Waals surface area (Å²) in [6, 6.07) is 0.0389. The first-order chi connectivity index (χ1) is 13.9. The molecule has 9 nitrogen and oxygen atoms in total. The zero-order valence-corrected chi connectivity index (χ0v) is 17.6. The Balaban J connectivity index is 1.35. The number of urea groups is 1. The van der Waals surface area contributed by atoms with Crippen LogP contribution < -0.4 is 0 Å². The smallest absolute Gasteiger partial charge is 0.326 e.